The monoisotopic (exact) mass is 513 g/mol. The molecule has 0 saturated carbocycles. The van der Waals surface area contributed by atoms with Crippen molar-refractivity contribution < 1.29 is 9.59 Å². The van der Waals surface area contributed by atoms with E-state index in [0.29, 0.717) is 26.6 Å². The van der Waals surface area contributed by atoms with Crippen LogP contribution in [0.4, 0.5) is 5.69 Å². The Hall–Kier alpha value is -3.07. The molecule has 0 aliphatic carbocycles. The number of anilines is 1. The van der Waals surface area contributed by atoms with Gasteiger partial charge in [-0.05, 0) is 48.0 Å². The van der Waals surface area contributed by atoms with Crippen molar-refractivity contribution in [3.8, 4) is 0 Å². The Morgan fingerprint density at radius 3 is 2.53 bits per heavy atom. The Morgan fingerprint density at radius 2 is 1.76 bits per heavy atom. The zero-order valence-electron chi connectivity index (χ0n) is 18.4. The number of nitrogens with zero attached hydrogens (tertiary/aromatic N) is 3. The summed E-state index contributed by atoms with van der Waals surface area (Å²) in [5.74, 6) is 0.276. The van der Waals surface area contributed by atoms with Gasteiger partial charge in [0.15, 0.2) is 11.0 Å². The second-order valence-electron chi connectivity index (χ2n) is 7.62. The fraction of sp³-hybridized carbons (Fsp3) is 0.167. The molecule has 0 radical (unpaired) electrons. The Morgan fingerprint density at radius 1 is 1.00 bits per heavy atom. The van der Waals surface area contributed by atoms with Gasteiger partial charge in [0.05, 0.1) is 21.8 Å². The molecule has 174 valence electrons. The van der Waals surface area contributed by atoms with Crippen molar-refractivity contribution in [3.05, 3.63) is 82.1 Å². The summed E-state index contributed by atoms with van der Waals surface area (Å²) in [4.78, 5) is 25.0. The summed E-state index contributed by atoms with van der Waals surface area (Å²) in [7, 11) is 1.79. The molecule has 0 aliphatic heterocycles. The fourth-order valence-corrected chi connectivity index (χ4v) is 4.42. The van der Waals surface area contributed by atoms with Crippen LogP contribution < -0.4 is 10.6 Å². The van der Waals surface area contributed by atoms with Gasteiger partial charge in [-0.25, -0.2) is 0 Å². The number of benzene rings is 3. The number of aromatic nitrogens is 3. The average Bonchev–Trinajstić information content (AvgIpc) is 3.19. The Kier molecular flexibility index (Phi) is 7.41. The molecular weight excluding hydrogens is 493 g/mol. The molecule has 1 aromatic heterocycles. The van der Waals surface area contributed by atoms with Crippen molar-refractivity contribution in [2.45, 2.75) is 18.1 Å². The van der Waals surface area contributed by atoms with E-state index in [4.69, 9.17) is 23.2 Å². The lowest BCUT2D eigenvalue weighted by Gasteiger charge is -2.14. The van der Waals surface area contributed by atoms with E-state index < -0.39 is 6.04 Å². The van der Waals surface area contributed by atoms with E-state index in [0.717, 1.165) is 16.5 Å². The molecule has 0 fully saturated rings. The molecular formula is C24H21Cl2N5O2S. The molecule has 0 bridgehead atoms. The van der Waals surface area contributed by atoms with Crippen molar-refractivity contribution in [3.63, 3.8) is 0 Å². The van der Waals surface area contributed by atoms with Gasteiger partial charge >= 0.3 is 0 Å². The van der Waals surface area contributed by atoms with Gasteiger partial charge in [0, 0.05) is 18.3 Å². The van der Waals surface area contributed by atoms with Crippen LogP contribution in [0.15, 0.2) is 65.8 Å². The maximum Gasteiger partial charge on any atom is 0.251 e. The lowest BCUT2D eigenvalue weighted by Crippen LogP contribution is -2.28. The molecule has 4 aromatic rings. The summed E-state index contributed by atoms with van der Waals surface area (Å²) in [6.07, 6.45) is 0. The predicted octanol–water partition coefficient (Wildman–Crippen LogP) is 5.50. The Labute approximate surface area is 210 Å². The normalized spacial score (nSPS) is 11.9. The van der Waals surface area contributed by atoms with E-state index >= 15 is 0 Å². The topological polar surface area (TPSA) is 88.9 Å². The molecule has 0 spiro atoms. The van der Waals surface area contributed by atoms with Crippen LogP contribution in [0.2, 0.25) is 10.0 Å². The highest BCUT2D eigenvalue weighted by Crippen LogP contribution is 2.24. The molecule has 7 nitrogen and oxygen atoms in total. The van der Waals surface area contributed by atoms with E-state index in [1.54, 1.807) is 30.7 Å². The Bertz CT molecular complexity index is 1370. The second kappa shape index (κ2) is 10.5. The maximum absolute atomic E-state index is 12.6. The number of hydrogen-bond donors (Lipinski definition) is 2. The number of rotatable bonds is 7. The molecule has 2 amide bonds. The molecule has 10 heteroatoms. The van der Waals surface area contributed by atoms with E-state index in [1.165, 1.54) is 17.8 Å². The maximum atomic E-state index is 12.6. The Balaban J connectivity index is 1.35. The number of carbonyl (C=O) groups is 2. The highest BCUT2D eigenvalue weighted by Gasteiger charge is 2.19. The third-order valence-electron chi connectivity index (χ3n) is 5.15. The highest BCUT2D eigenvalue weighted by molar-refractivity contribution is 7.99. The molecule has 2 N–H and O–H groups in total. The van der Waals surface area contributed by atoms with Gasteiger partial charge in [-0.3, -0.25) is 9.59 Å². The van der Waals surface area contributed by atoms with Gasteiger partial charge in [-0.1, -0.05) is 65.3 Å². The van der Waals surface area contributed by atoms with Crippen LogP contribution in [0.5, 0.6) is 0 Å². The van der Waals surface area contributed by atoms with Crippen LogP contribution >= 0.6 is 35.0 Å². The fourth-order valence-electron chi connectivity index (χ4n) is 3.41. The first-order chi connectivity index (χ1) is 16.3. The number of thioether (sulfide) groups is 1. The minimum absolute atomic E-state index is 0.147. The summed E-state index contributed by atoms with van der Waals surface area (Å²) in [6.45, 7) is 1.81. The minimum atomic E-state index is -0.416. The standard InChI is InChI=1S/C24H21Cl2N5O2S/c1-14(27-23(33)17-8-10-19(25)20(26)12-17)22-29-30-24(31(22)2)34-13-21(32)28-18-9-7-15-5-3-4-6-16(15)11-18/h3-12,14H,13H2,1-2H3,(H,27,33)(H,28,32)/t14-/m0/s1. The second-order valence-corrected chi connectivity index (χ2v) is 9.38. The summed E-state index contributed by atoms with van der Waals surface area (Å²) < 4.78 is 1.76. The zero-order chi connectivity index (χ0) is 24.2. The average molecular weight is 514 g/mol. The summed E-state index contributed by atoms with van der Waals surface area (Å²) >= 11 is 13.2. The molecule has 0 saturated heterocycles. The van der Waals surface area contributed by atoms with Gasteiger partial charge in [0.25, 0.3) is 5.91 Å². The summed E-state index contributed by atoms with van der Waals surface area (Å²) in [5.41, 5.74) is 1.13. The molecule has 1 atom stereocenters. The van der Waals surface area contributed by atoms with Crippen molar-refractivity contribution >= 4 is 63.2 Å². The third-order valence-corrected chi connectivity index (χ3v) is 6.91. The van der Waals surface area contributed by atoms with Gasteiger partial charge in [0.1, 0.15) is 0 Å². The van der Waals surface area contributed by atoms with Crippen molar-refractivity contribution in [2.75, 3.05) is 11.1 Å². The zero-order valence-corrected chi connectivity index (χ0v) is 20.7. The number of amides is 2. The SMILES string of the molecule is C[C@H](NC(=O)c1ccc(Cl)c(Cl)c1)c1nnc(SCC(=O)Nc2ccc3ccccc3c2)n1C. The molecule has 0 aliphatic rings. The van der Waals surface area contributed by atoms with E-state index in [-0.39, 0.29) is 17.6 Å². The number of halogens is 2. The molecule has 34 heavy (non-hydrogen) atoms. The van der Waals surface area contributed by atoms with Gasteiger partial charge in [0.2, 0.25) is 5.91 Å². The van der Waals surface area contributed by atoms with E-state index in [2.05, 4.69) is 20.8 Å². The van der Waals surface area contributed by atoms with Crippen LogP contribution in [0, 0.1) is 0 Å². The van der Waals surface area contributed by atoms with Crippen LogP contribution in [0.3, 0.4) is 0 Å². The highest BCUT2D eigenvalue weighted by atomic mass is 35.5. The number of carbonyl (C=O) groups excluding carboxylic acids is 2. The lowest BCUT2D eigenvalue weighted by molar-refractivity contribution is -0.113. The van der Waals surface area contributed by atoms with Crippen molar-refractivity contribution in [1.82, 2.24) is 20.1 Å². The van der Waals surface area contributed by atoms with E-state index in [9.17, 15) is 9.59 Å². The van der Waals surface area contributed by atoms with Crippen LogP contribution in [0.25, 0.3) is 10.8 Å². The van der Waals surface area contributed by atoms with Crippen LogP contribution in [-0.4, -0.2) is 32.3 Å². The predicted molar refractivity (Wildman–Crippen MR) is 137 cm³/mol. The number of nitrogens with one attached hydrogen (secondary N) is 2. The first-order valence-corrected chi connectivity index (χ1v) is 12.1. The van der Waals surface area contributed by atoms with Crippen LogP contribution in [0.1, 0.15) is 29.1 Å². The summed E-state index contributed by atoms with van der Waals surface area (Å²) in [6, 6.07) is 18.0. The molecule has 3 aromatic carbocycles. The third kappa shape index (κ3) is 5.52. The largest absolute Gasteiger partial charge is 0.342 e. The first-order valence-electron chi connectivity index (χ1n) is 10.4. The van der Waals surface area contributed by atoms with Gasteiger partial charge in [-0.15, -0.1) is 10.2 Å². The molecule has 1 heterocycles. The van der Waals surface area contributed by atoms with Gasteiger partial charge < -0.3 is 15.2 Å². The van der Waals surface area contributed by atoms with E-state index in [1.807, 2.05) is 42.5 Å². The smallest absolute Gasteiger partial charge is 0.251 e. The quantitative estimate of drug-likeness (QED) is 0.318. The van der Waals surface area contributed by atoms with Crippen LogP contribution in [-0.2, 0) is 11.8 Å². The van der Waals surface area contributed by atoms with Gasteiger partial charge in [-0.2, -0.15) is 0 Å². The summed E-state index contributed by atoms with van der Waals surface area (Å²) in [5, 5.41) is 17.6. The van der Waals surface area contributed by atoms with Crippen molar-refractivity contribution in [1.29, 1.82) is 0 Å². The van der Waals surface area contributed by atoms with Crippen molar-refractivity contribution in [2.24, 2.45) is 7.05 Å². The number of hydrogen-bond acceptors (Lipinski definition) is 5. The molecule has 4 rings (SSSR count). The minimum Gasteiger partial charge on any atom is -0.342 e. The molecule has 0 unspecified atom stereocenters. The number of fused-ring (bicyclic) bond motifs is 1. The first kappa shape index (κ1) is 24.1. The lowest BCUT2D eigenvalue weighted by atomic mass is 10.1.